The van der Waals surface area contributed by atoms with Crippen molar-refractivity contribution in [3.05, 3.63) is 36.4 Å². The Balaban J connectivity index is 1.97. The Bertz CT molecular complexity index is 571. The number of hydrogen-bond donors (Lipinski definition) is 2. The first kappa shape index (κ1) is 11.9. The highest BCUT2D eigenvalue weighted by molar-refractivity contribution is 7.89. The van der Waals surface area contributed by atoms with Crippen LogP contribution < -0.4 is 4.72 Å². The molecule has 0 aliphatic rings. The van der Waals surface area contributed by atoms with Crippen molar-refractivity contribution in [3.63, 3.8) is 0 Å². The molecule has 17 heavy (non-hydrogen) atoms. The number of aromatic nitrogens is 3. The second-order valence-corrected chi connectivity index (χ2v) is 5.41. The summed E-state index contributed by atoms with van der Waals surface area (Å²) in [6, 6.07) is 3.80. The Morgan fingerprint density at radius 1 is 1.41 bits per heavy atom. The number of nitrogens with zero attached hydrogens (tertiary/aromatic N) is 2. The van der Waals surface area contributed by atoms with Gasteiger partial charge in [0.2, 0.25) is 10.0 Å². The molecule has 0 atom stereocenters. The SMILES string of the molecule is Cc1[nH]ncc1S(=O)(=O)NCCn1cccc1. The van der Waals surface area contributed by atoms with E-state index in [1.54, 1.807) is 6.92 Å². The minimum absolute atomic E-state index is 0.199. The van der Waals surface area contributed by atoms with Crippen LogP contribution >= 0.6 is 0 Å². The van der Waals surface area contributed by atoms with E-state index in [2.05, 4.69) is 14.9 Å². The number of hydrogen-bond acceptors (Lipinski definition) is 3. The topological polar surface area (TPSA) is 79.8 Å². The maximum Gasteiger partial charge on any atom is 0.244 e. The van der Waals surface area contributed by atoms with Gasteiger partial charge in [-0.3, -0.25) is 5.10 Å². The average molecular weight is 254 g/mol. The van der Waals surface area contributed by atoms with Crippen molar-refractivity contribution in [2.75, 3.05) is 6.54 Å². The predicted octanol–water partition coefficient (Wildman–Crippen LogP) is 0.498. The van der Waals surface area contributed by atoms with E-state index in [1.165, 1.54) is 6.20 Å². The Labute approximate surface area is 99.7 Å². The van der Waals surface area contributed by atoms with Crippen LogP contribution in [-0.4, -0.2) is 29.7 Å². The van der Waals surface area contributed by atoms with Gasteiger partial charge in [0.05, 0.1) is 11.9 Å². The monoisotopic (exact) mass is 254 g/mol. The molecule has 0 amide bonds. The first-order valence-corrected chi connectivity index (χ1v) is 6.68. The molecular weight excluding hydrogens is 240 g/mol. The van der Waals surface area contributed by atoms with Gasteiger partial charge in [-0.25, -0.2) is 13.1 Å². The molecule has 0 fully saturated rings. The van der Waals surface area contributed by atoms with Gasteiger partial charge >= 0.3 is 0 Å². The fourth-order valence-corrected chi connectivity index (χ4v) is 2.67. The Hall–Kier alpha value is -1.60. The minimum atomic E-state index is -3.46. The molecule has 0 saturated carbocycles. The molecule has 2 N–H and O–H groups in total. The maximum absolute atomic E-state index is 11.9. The highest BCUT2D eigenvalue weighted by Crippen LogP contribution is 2.10. The summed E-state index contributed by atoms with van der Waals surface area (Å²) in [5.41, 5.74) is 0.540. The molecule has 0 saturated heterocycles. The molecule has 2 aromatic rings. The van der Waals surface area contributed by atoms with Crippen LogP contribution in [0.5, 0.6) is 0 Å². The molecule has 0 aliphatic carbocycles. The van der Waals surface area contributed by atoms with Crippen molar-refractivity contribution in [1.29, 1.82) is 0 Å². The van der Waals surface area contributed by atoms with E-state index >= 15 is 0 Å². The van der Waals surface area contributed by atoms with Gasteiger partial charge in [-0.05, 0) is 19.1 Å². The van der Waals surface area contributed by atoms with Crippen LogP contribution in [0.3, 0.4) is 0 Å². The quantitative estimate of drug-likeness (QED) is 0.815. The number of nitrogens with one attached hydrogen (secondary N) is 2. The minimum Gasteiger partial charge on any atom is -0.353 e. The average Bonchev–Trinajstić information content (AvgIpc) is 2.88. The summed E-state index contributed by atoms with van der Waals surface area (Å²) in [5, 5.41) is 6.30. The van der Waals surface area contributed by atoms with Crippen molar-refractivity contribution < 1.29 is 8.42 Å². The molecule has 7 heteroatoms. The van der Waals surface area contributed by atoms with E-state index in [0.29, 0.717) is 18.8 Å². The van der Waals surface area contributed by atoms with Crippen LogP contribution in [0.4, 0.5) is 0 Å². The van der Waals surface area contributed by atoms with E-state index in [-0.39, 0.29) is 4.90 Å². The molecule has 0 spiro atoms. The lowest BCUT2D eigenvalue weighted by Crippen LogP contribution is -2.27. The van der Waals surface area contributed by atoms with Crippen molar-refractivity contribution in [3.8, 4) is 0 Å². The molecule has 0 aromatic carbocycles. The normalized spacial score (nSPS) is 11.8. The lowest BCUT2D eigenvalue weighted by Gasteiger charge is -2.06. The standard InChI is InChI=1S/C10H14N4O2S/c1-9-10(8-11-13-9)17(15,16)12-4-7-14-5-2-3-6-14/h2-3,5-6,8,12H,4,7H2,1H3,(H,11,13). The molecule has 6 nitrogen and oxygen atoms in total. The van der Waals surface area contributed by atoms with Crippen LogP contribution in [0.1, 0.15) is 5.69 Å². The van der Waals surface area contributed by atoms with Gasteiger partial charge in [-0.15, -0.1) is 0 Å². The van der Waals surface area contributed by atoms with Crippen LogP contribution in [0.25, 0.3) is 0 Å². The molecule has 2 heterocycles. The largest absolute Gasteiger partial charge is 0.353 e. The molecule has 0 bridgehead atoms. The summed E-state index contributed by atoms with van der Waals surface area (Å²) >= 11 is 0. The molecule has 2 rings (SSSR count). The first-order chi connectivity index (χ1) is 8.09. The van der Waals surface area contributed by atoms with Gasteiger partial charge in [0.15, 0.2) is 0 Å². The predicted molar refractivity (Wildman–Crippen MR) is 62.9 cm³/mol. The maximum atomic E-state index is 11.9. The summed E-state index contributed by atoms with van der Waals surface area (Å²) in [6.45, 7) is 2.62. The van der Waals surface area contributed by atoms with Crippen LogP contribution in [-0.2, 0) is 16.6 Å². The van der Waals surface area contributed by atoms with Gasteiger partial charge < -0.3 is 4.57 Å². The van der Waals surface area contributed by atoms with E-state index < -0.39 is 10.0 Å². The second-order valence-electron chi connectivity index (χ2n) is 3.68. The van der Waals surface area contributed by atoms with E-state index in [1.807, 2.05) is 29.1 Å². The Morgan fingerprint density at radius 2 is 2.12 bits per heavy atom. The first-order valence-electron chi connectivity index (χ1n) is 5.20. The Morgan fingerprint density at radius 3 is 2.71 bits per heavy atom. The lowest BCUT2D eigenvalue weighted by molar-refractivity contribution is 0.572. The zero-order valence-corrected chi connectivity index (χ0v) is 10.2. The molecule has 0 radical (unpaired) electrons. The van der Waals surface area contributed by atoms with Crippen molar-refractivity contribution >= 4 is 10.0 Å². The second kappa shape index (κ2) is 4.72. The van der Waals surface area contributed by atoms with Gasteiger partial charge in [0.1, 0.15) is 4.90 Å². The van der Waals surface area contributed by atoms with Gasteiger partial charge in [0.25, 0.3) is 0 Å². The number of H-pyrrole nitrogens is 1. The van der Waals surface area contributed by atoms with Gasteiger partial charge in [-0.2, -0.15) is 5.10 Å². The summed E-state index contributed by atoms with van der Waals surface area (Å²) in [6.07, 6.45) is 5.09. The number of aryl methyl sites for hydroxylation is 1. The van der Waals surface area contributed by atoms with Crippen LogP contribution in [0.2, 0.25) is 0 Å². The smallest absolute Gasteiger partial charge is 0.244 e. The fourth-order valence-electron chi connectivity index (χ4n) is 1.52. The number of sulfonamides is 1. The molecular formula is C10H14N4O2S. The summed E-state index contributed by atoms with van der Waals surface area (Å²) < 4.78 is 28.2. The van der Waals surface area contributed by atoms with Crippen LogP contribution in [0.15, 0.2) is 35.6 Å². The number of rotatable bonds is 5. The molecule has 2 aromatic heterocycles. The van der Waals surface area contributed by atoms with Crippen molar-refractivity contribution in [2.24, 2.45) is 0 Å². The highest BCUT2D eigenvalue weighted by Gasteiger charge is 2.17. The van der Waals surface area contributed by atoms with Crippen molar-refractivity contribution in [1.82, 2.24) is 19.5 Å². The van der Waals surface area contributed by atoms with Crippen LogP contribution in [0, 0.1) is 6.92 Å². The lowest BCUT2D eigenvalue weighted by atomic mass is 10.5. The molecule has 92 valence electrons. The molecule has 0 aliphatic heterocycles. The highest BCUT2D eigenvalue weighted by atomic mass is 32.2. The summed E-state index contributed by atoms with van der Waals surface area (Å²) in [7, 11) is -3.46. The third-order valence-corrected chi connectivity index (χ3v) is 3.98. The summed E-state index contributed by atoms with van der Waals surface area (Å²) in [5.74, 6) is 0. The fraction of sp³-hybridized carbons (Fsp3) is 0.300. The van der Waals surface area contributed by atoms with E-state index in [4.69, 9.17) is 0 Å². The number of aromatic amines is 1. The van der Waals surface area contributed by atoms with Gasteiger partial charge in [0, 0.05) is 25.5 Å². The zero-order chi connectivity index (χ0) is 12.3. The Kier molecular flexibility index (Phi) is 3.30. The summed E-state index contributed by atoms with van der Waals surface area (Å²) in [4.78, 5) is 0.199. The van der Waals surface area contributed by atoms with Crippen molar-refractivity contribution in [2.45, 2.75) is 18.4 Å². The zero-order valence-electron chi connectivity index (χ0n) is 9.42. The van der Waals surface area contributed by atoms with E-state index in [0.717, 1.165) is 0 Å². The van der Waals surface area contributed by atoms with E-state index in [9.17, 15) is 8.42 Å². The molecule has 0 unspecified atom stereocenters. The third-order valence-electron chi connectivity index (χ3n) is 2.40. The third kappa shape index (κ3) is 2.75. The van der Waals surface area contributed by atoms with Gasteiger partial charge in [-0.1, -0.05) is 0 Å².